The average Bonchev–Trinajstić information content (AvgIpc) is 2.57. The average molecular weight is 327 g/mol. The minimum atomic E-state index is -0.237. The number of phenols is 1. The summed E-state index contributed by atoms with van der Waals surface area (Å²) in [5, 5.41) is 14.7. The Morgan fingerprint density at radius 3 is 2.96 bits per heavy atom. The van der Waals surface area contributed by atoms with Crippen molar-refractivity contribution in [2.45, 2.75) is 11.4 Å². The Morgan fingerprint density at radius 1 is 1.35 bits per heavy atom. The maximum absolute atomic E-state index is 11.7. The second kappa shape index (κ2) is 8.75. The van der Waals surface area contributed by atoms with Crippen molar-refractivity contribution in [3.63, 3.8) is 0 Å². The van der Waals surface area contributed by atoms with E-state index in [9.17, 15) is 9.90 Å². The lowest BCUT2D eigenvalue weighted by Gasteiger charge is -2.04. The summed E-state index contributed by atoms with van der Waals surface area (Å²) < 4.78 is 0. The maximum Gasteiger partial charge on any atom is 0.250 e. The molecule has 0 saturated carbocycles. The molecule has 2 N–H and O–H groups in total. The number of hydrogen-bond donors (Lipinski definition) is 2. The minimum absolute atomic E-state index is 0.147. The number of aromatic nitrogens is 1. The summed E-state index contributed by atoms with van der Waals surface area (Å²) in [5.41, 5.74) is 3.74. The molecule has 6 heteroatoms. The van der Waals surface area contributed by atoms with Gasteiger partial charge >= 0.3 is 0 Å². The van der Waals surface area contributed by atoms with E-state index in [0.717, 1.165) is 10.6 Å². The number of nitrogens with one attached hydrogen (secondary N) is 1. The number of thioether (sulfide) groups is 1. The van der Waals surface area contributed by atoms with Crippen molar-refractivity contribution in [3.8, 4) is 5.75 Å². The molecule has 0 radical (unpaired) electrons. The van der Waals surface area contributed by atoms with Crippen LogP contribution in [0.2, 0.25) is 0 Å². The number of amides is 1. The van der Waals surface area contributed by atoms with Crippen molar-refractivity contribution in [2.24, 2.45) is 5.10 Å². The van der Waals surface area contributed by atoms with E-state index in [1.165, 1.54) is 18.0 Å². The van der Waals surface area contributed by atoms with Gasteiger partial charge in [-0.3, -0.25) is 4.79 Å². The summed E-state index contributed by atoms with van der Waals surface area (Å²) in [7, 11) is 0. The molecule has 2 aromatic rings. The quantitative estimate of drug-likeness (QED) is 0.355. The van der Waals surface area contributed by atoms with Gasteiger partial charge in [-0.05, 0) is 30.2 Å². The predicted molar refractivity (Wildman–Crippen MR) is 92.7 cm³/mol. The first-order chi connectivity index (χ1) is 11.2. The number of rotatable bonds is 7. The predicted octanol–water partition coefficient (Wildman–Crippen LogP) is 2.76. The van der Waals surface area contributed by atoms with Crippen molar-refractivity contribution in [1.82, 2.24) is 10.4 Å². The molecule has 0 fully saturated rings. The monoisotopic (exact) mass is 327 g/mol. The summed E-state index contributed by atoms with van der Waals surface area (Å²) >= 11 is 1.33. The summed E-state index contributed by atoms with van der Waals surface area (Å²) in [6.45, 7) is 3.65. The number of pyridine rings is 1. The normalized spacial score (nSPS) is 10.6. The van der Waals surface area contributed by atoms with Crippen molar-refractivity contribution in [1.29, 1.82) is 0 Å². The molecule has 0 aliphatic rings. The van der Waals surface area contributed by atoms with Gasteiger partial charge in [0, 0.05) is 11.8 Å². The third-order valence-electron chi connectivity index (χ3n) is 2.90. The highest BCUT2D eigenvalue weighted by atomic mass is 32.2. The van der Waals surface area contributed by atoms with Crippen LogP contribution in [0.25, 0.3) is 0 Å². The fraction of sp³-hybridized carbons (Fsp3) is 0.118. The zero-order valence-electron chi connectivity index (χ0n) is 12.5. The number of hydrazone groups is 1. The van der Waals surface area contributed by atoms with E-state index in [4.69, 9.17) is 0 Å². The Hall–Kier alpha value is -2.60. The molecule has 0 bridgehead atoms. The number of benzene rings is 1. The van der Waals surface area contributed by atoms with Gasteiger partial charge in [-0.1, -0.05) is 36.0 Å². The van der Waals surface area contributed by atoms with E-state index in [2.05, 4.69) is 22.1 Å². The third kappa shape index (κ3) is 5.27. The molecule has 0 spiro atoms. The van der Waals surface area contributed by atoms with Gasteiger partial charge in [0.05, 0.1) is 17.0 Å². The van der Waals surface area contributed by atoms with Gasteiger partial charge in [0.2, 0.25) is 5.91 Å². The summed E-state index contributed by atoms with van der Waals surface area (Å²) in [6, 6.07) is 10.9. The Balaban J connectivity index is 1.87. The number of hydrogen-bond acceptors (Lipinski definition) is 5. The minimum Gasteiger partial charge on any atom is -0.507 e. The summed E-state index contributed by atoms with van der Waals surface area (Å²) in [4.78, 5) is 15.8. The third-order valence-corrected chi connectivity index (χ3v) is 3.84. The molecule has 23 heavy (non-hydrogen) atoms. The van der Waals surface area contributed by atoms with Crippen LogP contribution in [-0.2, 0) is 11.2 Å². The SMILES string of the molecule is C=CCc1cccc(/C=N\NC(=O)CSc2ccccn2)c1O. The molecule has 5 nitrogen and oxygen atoms in total. The smallest absolute Gasteiger partial charge is 0.250 e. The van der Waals surface area contributed by atoms with E-state index in [1.54, 1.807) is 18.3 Å². The molecular weight excluding hydrogens is 310 g/mol. The molecular formula is C17H17N3O2S. The molecule has 2 rings (SSSR count). The van der Waals surface area contributed by atoms with Gasteiger partial charge in [0.1, 0.15) is 5.75 Å². The molecule has 0 saturated heterocycles. The second-order valence-electron chi connectivity index (χ2n) is 4.60. The van der Waals surface area contributed by atoms with E-state index < -0.39 is 0 Å². The summed E-state index contributed by atoms with van der Waals surface area (Å²) in [6.07, 6.45) is 5.38. The van der Waals surface area contributed by atoms with E-state index in [0.29, 0.717) is 12.0 Å². The van der Waals surface area contributed by atoms with Crippen LogP contribution in [0.1, 0.15) is 11.1 Å². The van der Waals surface area contributed by atoms with Crippen LogP contribution in [0.15, 0.2) is 65.4 Å². The Morgan fingerprint density at radius 2 is 2.22 bits per heavy atom. The molecule has 118 valence electrons. The Kier molecular flexibility index (Phi) is 6.38. The van der Waals surface area contributed by atoms with Crippen LogP contribution in [0.3, 0.4) is 0 Å². The number of nitrogens with zero attached hydrogens (tertiary/aromatic N) is 2. The van der Waals surface area contributed by atoms with Crippen LogP contribution in [0.4, 0.5) is 0 Å². The van der Waals surface area contributed by atoms with Gasteiger partial charge in [0.25, 0.3) is 0 Å². The number of carbonyl (C=O) groups excluding carboxylic acids is 1. The van der Waals surface area contributed by atoms with Crippen molar-refractivity contribution < 1.29 is 9.90 Å². The first kappa shape index (κ1) is 16.8. The van der Waals surface area contributed by atoms with E-state index in [-0.39, 0.29) is 17.4 Å². The van der Waals surface area contributed by atoms with Gasteiger partial charge in [-0.15, -0.1) is 6.58 Å². The molecule has 1 heterocycles. The first-order valence-corrected chi connectivity index (χ1v) is 7.96. The lowest BCUT2D eigenvalue weighted by atomic mass is 10.1. The molecule has 1 amide bonds. The van der Waals surface area contributed by atoms with Gasteiger partial charge in [-0.25, -0.2) is 10.4 Å². The highest BCUT2D eigenvalue weighted by Gasteiger charge is 2.05. The fourth-order valence-electron chi connectivity index (χ4n) is 1.81. The lowest BCUT2D eigenvalue weighted by Crippen LogP contribution is -2.19. The lowest BCUT2D eigenvalue weighted by molar-refractivity contribution is -0.118. The molecule has 0 aliphatic heterocycles. The zero-order valence-corrected chi connectivity index (χ0v) is 13.3. The second-order valence-corrected chi connectivity index (χ2v) is 5.59. The molecule has 0 aliphatic carbocycles. The van der Waals surface area contributed by atoms with Crippen LogP contribution in [0, 0.1) is 0 Å². The van der Waals surface area contributed by atoms with Crippen molar-refractivity contribution >= 4 is 23.9 Å². The maximum atomic E-state index is 11.7. The number of phenolic OH excluding ortho intramolecular Hbond substituents is 1. The van der Waals surface area contributed by atoms with Crippen LogP contribution in [-0.4, -0.2) is 28.0 Å². The Bertz CT molecular complexity index is 702. The Labute approximate surface area is 139 Å². The van der Waals surface area contributed by atoms with Crippen LogP contribution < -0.4 is 5.43 Å². The first-order valence-electron chi connectivity index (χ1n) is 6.98. The van der Waals surface area contributed by atoms with Crippen molar-refractivity contribution in [2.75, 3.05) is 5.75 Å². The zero-order chi connectivity index (χ0) is 16.5. The molecule has 1 aromatic heterocycles. The topological polar surface area (TPSA) is 74.6 Å². The highest BCUT2D eigenvalue weighted by Crippen LogP contribution is 2.21. The van der Waals surface area contributed by atoms with E-state index in [1.807, 2.05) is 30.3 Å². The molecule has 0 atom stereocenters. The fourth-order valence-corrected chi connectivity index (χ4v) is 2.47. The van der Waals surface area contributed by atoms with Crippen molar-refractivity contribution in [3.05, 3.63) is 66.4 Å². The molecule has 0 unspecified atom stereocenters. The highest BCUT2D eigenvalue weighted by molar-refractivity contribution is 7.99. The van der Waals surface area contributed by atoms with E-state index >= 15 is 0 Å². The van der Waals surface area contributed by atoms with Gasteiger partial charge in [0.15, 0.2) is 0 Å². The number of aromatic hydroxyl groups is 1. The largest absolute Gasteiger partial charge is 0.507 e. The van der Waals surface area contributed by atoms with Gasteiger partial charge < -0.3 is 5.11 Å². The number of allylic oxidation sites excluding steroid dienone is 1. The number of para-hydroxylation sites is 1. The molecule has 1 aromatic carbocycles. The van der Waals surface area contributed by atoms with Crippen LogP contribution >= 0.6 is 11.8 Å². The van der Waals surface area contributed by atoms with Crippen LogP contribution in [0.5, 0.6) is 5.75 Å². The van der Waals surface area contributed by atoms with Gasteiger partial charge in [-0.2, -0.15) is 5.10 Å². The standard InChI is InChI=1S/C17H17N3O2S/c1-2-6-13-7-5-8-14(17(13)22)11-19-20-15(21)12-23-16-9-3-4-10-18-16/h2-5,7-11,22H,1,6,12H2,(H,20,21)/b19-11-. The number of carbonyl (C=O) groups is 1. The summed E-state index contributed by atoms with van der Waals surface area (Å²) in [5.74, 6) is 0.128.